The lowest BCUT2D eigenvalue weighted by Crippen LogP contribution is -2.01. The van der Waals surface area contributed by atoms with Gasteiger partial charge in [-0.3, -0.25) is 0 Å². The van der Waals surface area contributed by atoms with Crippen molar-refractivity contribution < 1.29 is 9.84 Å². The summed E-state index contributed by atoms with van der Waals surface area (Å²) in [6.07, 6.45) is 0. The zero-order valence-electron chi connectivity index (χ0n) is 11.5. The van der Waals surface area contributed by atoms with Crippen molar-refractivity contribution in [3.63, 3.8) is 0 Å². The molecule has 3 nitrogen and oxygen atoms in total. The predicted molar refractivity (Wildman–Crippen MR) is 77.9 cm³/mol. The Balaban J connectivity index is 2.07. The Morgan fingerprint density at radius 2 is 1.74 bits per heavy atom. The molecule has 0 saturated carbocycles. The van der Waals surface area contributed by atoms with Crippen LogP contribution >= 0.6 is 0 Å². The molecule has 0 heterocycles. The summed E-state index contributed by atoms with van der Waals surface area (Å²) < 4.78 is 5.13. The molecular weight excluding hydrogens is 238 g/mol. The van der Waals surface area contributed by atoms with Crippen LogP contribution in [-0.2, 0) is 6.54 Å². The van der Waals surface area contributed by atoms with Gasteiger partial charge in [0.2, 0.25) is 0 Å². The first kappa shape index (κ1) is 13.3. The number of phenolic OH excluding ortho intramolecular Hbond substituents is 1. The maximum atomic E-state index is 9.63. The fraction of sp³-hybridized carbons (Fsp3) is 0.250. The molecule has 0 atom stereocenters. The van der Waals surface area contributed by atoms with Gasteiger partial charge in [-0.05, 0) is 54.8 Å². The number of hydrogen-bond acceptors (Lipinski definition) is 3. The van der Waals surface area contributed by atoms with Crippen LogP contribution in [0, 0.1) is 13.8 Å². The fourth-order valence-electron chi connectivity index (χ4n) is 1.93. The number of aryl methyl sites for hydroxylation is 2. The summed E-state index contributed by atoms with van der Waals surface area (Å²) in [6.45, 7) is 4.62. The van der Waals surface area contributed by atoms with E-state index in [1.54, 1.807) is 13.2 Å². The van der Waals surface area contributed by atoms with E-state index in [2.05, 4.69) is 5.32 Å². The third-order valence-corrected chi connectivity index (χ3v) is 3.18. The number of phenols is 1. The van der Waals surface area contributed by atoms with Crippen LogP contribution in [0.1, 0.15) is 16.7 Å². The first-order valence-corrected chi connectivity index (χ1v) is 6.27. The van der Waals surface area contributed by atoms with Crippen molar-refractivity contribution in [2.24, 2.45) is 0 Å². The molecule has 2 N–H and O–H groups in total. The van der Waals surface area contributed by atoms with E-state index in [1.165, 1.54) is 5.56 Å². The van der Waals surface area contributed by atoms with Crippen molar-refractivity contribution in [3.05, 3.63) is 53.1 Å². The van der Waals surface area contributed by atoms with Crippen LogP contribution in [-0.4, -0.2) is 12.2 Å². The molecule has 2 rings (SSSR count). The monoisotopic (exact) mass is 257 g/mol. The first-order chi connectivity index (χ1) is 9.10. The molecule has 0 radical (unpaired) electrons. The Morgan fingerprint density at radius 1 is 1.05 bits per heavy atom. The van der Waals surface area contributed by atoms with Crippen molar-refractivity contribution in [3.8, 4) is 11.5 Å². The van der Waals surface area contributed by atoms with E-state index in [0.717, 1.165) is 29.1 Å². The number of rotatable bonds is 4. The number of methoxy groups -OCH3 is 1. The van der Waals surface area contributed by atoms with E-state index >= 15 is 0 Å². The molecule has 0 aliphatic rings. The molecule has 2 aromatic carbocycles. The molecule has 19 heavy (non-hydrogen) atoms. The largest absolute Gasteiger partial charge is 0.508 e. The van der Waals surface area contributed by atoms with E-state index in [4.69, 9.17) is 4.74 Å². The van der Waals surface area contributed by atoms with Gasteiger partial charge in [-0.25, -0.2) is 0 Å². The summed E-state index contributed by atoms with van der Waals surface area (Å²) in [7, 11) is 1.66. The lowest BCUT2D eigenvalue weighted by molar-refractivity contribution is 0.414. The molecule has 0 aromatic heterocycles. The molecule has 0 bridgehead atoms. The Morgan fingerprint density at radius 3 is 2.37 bits per heavy atom. The summed E-state index contributed by atoms with van der Waals surface area (Å²) in [5.41, 5.74) is 4.15. The average molecular weight is 257 g/mol. The van der Waals surface area contributed by atoms with Crippen LogP contribution in [0.3, 0.4) is 0 Å². The minimum atomic E-state index is 0.340. The van der Waals surface area contributed by atoms with Crippen LogP contribution in [0.2, 0.25) is 0 Å². The lowest BCUT2D eigenvalue weighted by Gasteiger charge is -2.12. The van der Waals surface area contributed by atoms with Crippen LogP contribution in [0.15, 0.2) is 36.4 Å². The molecule has 2 aromatic rings. The molecule has 0 fully saturated rings. The Labute approximate surface area is 113 Å². The molecule has 0 spiro atoms. The van der Waals surface area contributed by atoms with Gasteiger partial charge in [0, 0.05) is 12.2 Å². The maximum Gasteiger partial charge on any atom is 0.118 e. The number of benzene rings is 2. The van der Waals surface area contributed by atoms with Crippen LogP contribution in [0.5, 0.6) is 11.5 Å². The average Bonchev–Trinajstić information content (AvgIpc) is 2.42. The lowest BCUT2D eigenvalue weighted by atomic mass is 10.1. The molecule has 0 aliphatic heterocycles. The van der Waals surface area contributed by atoms with Crippen molar-refractivity contribution in [1.82, 2.24) is 0 Å². The quantitative estimate of drug-likeness (QED) is 0.822. The van der Waals surface area contributed by atoms with Crippen LogP contribution < -0.4 is 10.1 Å². The third-order valence-electron chi connectivity index (χ3n) is 3.18. The second kappa shape index (κ2) is 5.65. The highest BCUT2D eigenvalue weighted by Gasteiger charge is 2.03. The first-order valence-electron chi connectivity index (χ1n) is 6.27. The van der Waals surface area contributed by atoms with Gasteiger partial charge in [0.1, 0.15) is 11.5 Å². The highest BCUT2D eigenvalue weighted by atomic mass is 16.5. The van der Waals surface area contributed by atoms with E-state index in [-0.39, 0.29) is 0 Å². The second-order valence-electron chi connectivity index (χ2n) is 4.66. The molecule has 0 amide bonds. The minimum absolute atomic E-state index is 0.340. The SMILES string of the molecule is COc1ccc(CNc2cc(C)c(O)cc2C)cc1. The summed E-state index contributed by atoms with van der Waals surface area (Å²) in [6, 6.07) is 11.7. The van der Waals surface area contributed by atoms with E-state index < -0.39 is 0 Å². The maximum absolute atomic E-state index is 9.63. The van der Waals surface area contributed by atoms with E-state index in [1.807, 2.05) is 44.2 Å². The minimum Gasteiger partial charge on any atom is -0.508 e. The number of ether oxygens (including phenoxy) is 1. The molecular formula is C16H19NO2. The summed E-state index contributed by atoms with van der Waals surface area (Å²) in [5.74, 6) is 1.20. The molecule has 3 heteroatoms. The second-order valence-corrected chi connectivity index (χ2v) is 4.66. The number of hydrogen-bond donors (Lipinski definition) is 2. The van der Waals surface area contributed by atoms with Crippen molar-refractivity contribution >= 4 is 5.69 Å². The Bertz CT molecular complexity index is 562. The zero-order valence-corrected chi connectivity index (χ0v) is 11.5. The standard InChI is InChI=1S/C16H19NO2/c1-11-9-16(18)12(2)8-15(11)17-10-13-4-6-14(19-3)7-5-13/h4-9,17-18H,10H2,1-3H3. The van der Waals surface area contributed by atoms with Crippen molar-refractivity contribution in [2.75, 3.05) is 12.4 Å². The highest BCUT2D eigenvalue weighted by Crippen LogP contribution is 2.25. The van der Waals surface area contributed by atoms with Gasteiger partial charge in [0.25, 0.3) is 0 Å². The van der Waals surface area contributed by atoms with Crippen molar-refractivity contribution in [2.45, 2.75) is 20.4 Å². The smallest absolute Gasteiger partial charge is 0.118 e. The van der Waals surface area contributed by atoms with Gasteiger partial charge in [0.15, 0.2) is 0 Å². The predicted octanol–water partition coefficient (Wildman–Crippen LogP) is 3.63. The summed E-state index contributed by atoms with van der Waals surface area (Å²) in [5, 5.41) is 13.0. The van der Waals surface area contributed by atoms with Gasteiger partial charge in [-0.15, -0.1) is 0 Å². The van der Waals surface area contributed by atoms with Crippen LogP contribution in [0.25, 0.3) is 0 Å². The normalized spacial score (nSPS) is 10.3. The van der Waals surface area contributed by atoms with E-state index in [9.17, 15) is 5.11 Å². The van der Waals surface area contributed by atoms with Crippen LogP contribution in [0.4, 0.5) is 5.69 Å². The van der Waals surface area contributed by atoms with Gasteiger partial charge >= 0.3 is 0 Å². The fourth-order valence-corrected chi connectivity index (χ4v) is 1.93. The number of aromatic hydroxyl groups is 1. The van der Waals surface area contributed by atoms with Gasteiger partial charge < -0.3 is 15.2 Å². The zero-order chi connectivity index (χ0) is 13.8. The van der Waals surface area contributed by atoms with Gasteiger partial charge in [-0.2, -0.15) is 0 Å². The van der Waals surface area contributed by atoms with E-state index in [0.29, 0.717) is 5.75 Å². The van der Waals surface area contributed by atoms with Gasteiger partial charge in [0.05, 0.1) is 7.11 Å². The van der Waals surface area contributed by atoms with Gasteiger partial charge in [-0.1, -0.05) is 12.1 Å². The molecule has 0 saturated heterocycles. The third kappa shape index (κ3) is 3.19. The molecule has 0 unspecified atom stereocenters. The number of anilines is 1. The molecule has 0 aliphatic carbocycles. The highest BCUT2D eigenvalue weighted by molar-refractivity contribution is 5.56. The topological polar surface area (TPSA) is 41.5 Å². The summed E-state index contributed by atoms with van der Waals surface area (Å²) >= 11 is 0. The molecule has 100 valence electrons. The Hall–Kier alpha value is -2.16. The number of nitrogens with one attached hydrogen (secondary N) is 1. The summed E-state index contributed by atoms with van der Waals surface area (Å²) in [4.78, 5) is 0. The van der Waals surface area contributed by atoms with Crippen molar-refractivity contribution in [1.29, 1.82) is 0 Å². The Kier molecular flexibility index (Phi) is 3.95.